The Kier molecular flexibility index (Phi) is 5.43. The first-order valence-electron chi connectivity index (χ1n) is 10.6. The molecule has 6 nitrogen and oxygen atoms in total. The fourth-order valence-corrected chi connectivity index (χ4v) is 5.58. The topological polar surface area (TPSA) is 99.6 Å². The van der Waals surface area contributed by atoms with Crippen molar-refractivity contribution in [2.45, 2.75) is 11.5 Å². The lowest BCUT2D eigenvalue weighted by Crippen LogP contribution is -2.46. The van der Waals surface area contributed by atoms with Crippen LogP contribution in [0.1, 0.15) is 11.1 Å². The number of aromatic amines is 1. The zero-order valence-corrected chi connectivity index (χ0v) is 19.0. The van der Waals surface area contributed by atoms with Crippen molar-refractivity contribution in [2.75, 3.05) is 7.11 Å². The highest BCUT2D eigenvalue weighted by atomic mass is 32.1. The van der Waals surface area contributed by atoms with Gasteiger partial charge < -0.3 is 19.9 Å². The molecule has 1 aliphatic carbocycles. The predicted molar refractivity (Wildman–Crippen MR) is 133 cm³/mol. The van der Waals surface area contributed by atoms with Crippen LogP contribution in [0.4, 0.5) is 0 Å². The van der Waals surface area contributed by atoms with E-state index in [4.69, 9.17) is 4.74 Å². The van der Waals surface area contributed by atoms with Gasteiger partial charge in [-0.1, -0.05) is 72.8 Å². The molecule has 0 radical (unpaired) electrons. The lowest BCUT2D eigenvalue weighted by atomic mass is 9.71. The molecule has 0 saturated heterocycles. The first-order chi connectivity index (χ1) is 16.5. The van der Waals surface area contributed by atoms with Crippen molar-refractivity contribution < 1.29 is 19.7 Å². The van der Waals surface area contributed by atoms with E-state index < -0.39 is 23.0 Å². The van der Waals surface area contributed by atoms with E-state index in [0.29, 0.717) is 21.3 Å². The second-order valence-corrected chi connectivity index (χ2v) is 8.93. The van der Waals surface area contributed by atoms with E-state index in [-0.39, 0.29) is 11.3 Å². The van der Waals surface area contributed by atoms with Gasteiger partial charge in [0.15, 0.2) is 0 Å². The minimum atomic E-state index is -1.60. The highest BCUT2D eigenvalue weighted by Gasteiger charge is 2.49. The van der Waals surface area contributed by atoms with Gasteiger partial charge in [0.2, 0.25) is 0 Å². The highest BCUT2D eigenvalue weighted by molar-refractivity contribution is 7.17. The third-order valence-corrected chi connectivity index (χ3v) is 7.14. The number of ether oxygens (including phenoxy) is 1. The number of hydrogen-bond donors (Lipinski definition) is 3. The summed E-state index contributed by atoms with van der Waals surface area (Å²) in [4.78, 5) is 28.9. The molecule has 7 heteroatoms. The van der Waals surface area contributed by atoms with Gasteiger partial charge in [0.05, 0.1) is 17.1 Å². The summed E-state index contributed by atoms with van der Waals surface area (Å²) >= 11 is 1.18. The molecule has 0 saturated carbocycles. The van der Waals surface area contributed by atoms with Gasteiger partial charge in [0, 0.05) is 12.7 Å². The van der Waals surface area contributed by atoms with Crippen LogP contribution in [0, 0.1) is 0 Å². The van der Waals surface area contributed by atoms with E-state index in [2.05, 4.69) is 4.98 Å². The molecule has 34 heavy (non-hydrogen) atoms. The first kappa shape index (κ1) is 21.9. The standard InChI is InChI=1S/C27H21NO5S/c1-33-20-14-18(16-8-4-2-5-9-16)12-13-27(20,26(31)32)19-15-34-25-22(19)23(29)21(24(30)28-25)17-10-6-3-7-11-17/h2-15,20H,1H3,(H,31,32)(H2,28,29,30). The number of hydrogen-bond acceptors (Lipinski definition) is 5. The molecule has 170 valence electrons. The summed E-state index contributed by atoms with van der Waals surface area (Å²) < 4.78 is 5.71. The van der Waals surface area contributed by atoms with Crippen LogP contribution in [0.2, 0.25) is 0 Å². The minimum absolute atomic E-state index is 0.0996. The Bertz CT molecular complexity index is 1500. The van der Waals surface area contributed by atoms with E-state index in [1.165, 1.54) is 18.4 Å². The molecule has 5 rings (SSSR count). The number of thiophene rings is 1. The Balaban J connectivity index is 1.75. The summed E-state index contributed by atoms with van der Waals surface area (Å²) in [7, 11) is 1.46. The highest BCUT2D eigenvalue weighted by Crippen LogP contribution is 2.46. The molecule has 2 unspecified atom stereocenters. The van der Waals surface area contributed by atoms with E-state index in [1.54, 1.807) is 47.9 Å². The van der Waals surface area contributed by atoms with Crippen LogP contribution in [0.5, 0.6) is 5.75 Å². The number of carbonyl (C=O) groups is 1. The molecule has 2 heterocycles. The summed E-state index contributed by atoms with van der Waals surface area (Å²) in [6.07, 6.45) is 4.31. The van der Waals surface area contributed by atoms with E-state index in [0.717, 1.165) is 11.1 Å². The average molecular weight is 472 g/mol. The summed E-state index contributed by atoms with van der Waals surface area (Å²) in [5.74, 6) is -1.37. The lowest BCUT2D eigenvalue weighted by Gasteiger charge is -2.35. The van der Waals surface area contributed by atoms with Gasteiger partial charge in [0.1, 0.15) is 16.0 Å². The zero-order chi connectivity index (χ0) is 23.9. The Labute approximate surface area is 199 Å². The monoisotopic (exact) mass is 471 g/mol. The SMILES string of the molecule is COC1C=C(c2ccccc2)C=CC1(C(=O)O)c1csc2[nH]c(=O)c(-c3ccccc3)c(O)c12. The molecule has 4 aromatic rings. The first-order valence-corrected chi connectivity index (χ1v) is 11.5. The van der Waals surface area contributed by atoms with Gasteiger partial charge in [-0.2, -0.15) is 0 Å². The van der Waals surface area contributed by atoms with Gasteiger partial charge in [-0.15, -0.1) is 11.3 Å². The molecule has 0 fully saturated rings. The van der Waals surface area contributed by atoms with E-state index in [9.17, 15) is 19.8 Å². The Morgan fingerprint density at radius 3 is 2.32 bits per heavy atom. The van der Waals surface area contributed by atoms with Crippen LogP contribution in [-0.4, -0.2) is 34.4 Å². The van der Waals surface area contributed by atoms with Crippen molar-refractivity contribution in [1.29, 1.82) is 0 Å². The summed E-state index contributed by atoms with van der Waals surface area (Å²) in [5.41, 5.74) is 0.732. The van der Waals surface area contributed by atoms with Crippen molar-refractivity contribution >= 4 is 33.1 Å². The third kappa shape index (κ3) is 3.29. The van der Waals surface area contributed by atoms with Crippen molar-refractivity contribution in [3.63, 3.8) is 0 Å². The minimum Gasteiger partial charge on any atom is -0.506 e. The van der Waals surface area contributed by atoms with Crippen LogP contribution in [-0.2, 0) is 14.9 Å². The summed E-state index contributed by atoms with van der Waals surface area (Å²) in [6.45, 7) is 0. The molecule has 0 bridgehead atoms. The fourth-order valence-electron chi connectivity index (χ4n) is 4.55. The molecular weight excluding hydrogens is 450 g/mol. The number of aromatic nitrogens is 1. The van der Waals surface area contributed by atoms with Crippen LogP contribution in [0.15, 0.2) is 89.1 Å². The Morgan fingerprint density at radius 2 is 1.71 bits per heavy atom. The van der Waals surface area contributed by atoms with Gasteiger partial charge in [-0.25, -0.2) is 0 Å². The number of aliphatic carboxylic acids is 1. The fraction of sp³-hybridized carbons (Fsp3) is 0.111. The number of rotatable bonds is 5. The largest absolute Gasteiger partial charge is 0.506 e. The number of carboxylic acids is 1. The molecule has 2 atom stereocenters. The maximum absolute atomic E-state index is 12.9. The molecule has 2 aromatic carbocycles. The number of methoxy groups -OCH3 is 1. The third-order valence-electron chi connectivity index (χ3n) is 6.25. The van der Waals surface area contributed by atoms with Crippen LogP contribution < -0.4 is 5.56 Å². The average Bonchev–Trinajstić information content (AvgIpc) is 3.29. The molecule has 3 N–H and O–H groups in total. The second-order valence-electron chi connectivity index (χ2n) is 8.05. The Hall–Kier alpha value is -3.94. The maximum atomic E-state index is 12.9. The summed E-state index contributed by atoms with van der Waals surface area (Å²) in [6, 6.07) is 18.4. The number of allylic oxidation sites excluding steroid dienone is 2. The zero-order valence-electron chi connectivity index (χ0n) is 18.2. The molecular formula is C27H21NO5S. The predicted octanol–water partition coefficient (Wildman–Crippen LogP) is 4.95. The van der Waals surface area contributed by atoms with Crippen molar-refractivity contribution in [3.8, 4) is 16.9 Å². The van der Waals surface area contributed by atoms with Crippen LogP contribution in [0.3, 0.4) is 0 Å². The molecule has 0 aliphatic heterocycles. The van der Waals surface area contributed by atoms with E-state index >= 15 is 0 Å². The second kappa shape index (κ2) is 8.44. The van der Waals surface area contributed by atoms with Crippen molar-refractivity contribution in [3.05, 3.63) is 106 Å². The van der Waals surface area contributed by atoms with Crippen molar-refractivity contribution in [2.24, 2.45) is 0 Å². The van der Waals surface area contributed by atoms with Gasteiger partial charge >= 0.3 is 5.97 Å². The number of H-pyrrole nitrogens is 1. The van der Waals surface area contributed by atoms with Crippen LogP contribution in [0.25, 0.3) is 26.9 Å². The quantitative estimate of drug-likeness (QED) is 0.382. The number of carboxylic acid groups (broad SMARTS) is 1. The molecule has 0 amide bonds. The van der Waals surface area contributed by atoms with Gasteiger partial charge in [0.25, 0.3) is 5.56 Å². The number of pyridine rings is 1. The van der Waals surface area contributed by atoms with E-state index in [1.807, 2.05) is 36.4 Å². The smallest absolute Gasteiger partial charge is 0.321 e. The number of aromatic hydroxyl groups is 1. The number of benzene rings is 2. The van der Waals surface area contributed by atoms with Crippen molar-refractivity contribution in [1.82, 2.24) is 4.98 Å². The number of fused-ring (bicyclic) bond motifs is 1. The molecule has 1 aliphatic rings. The molecule has 0 spiro atoms. The maximum Gasteiger partial charge on any atom is 0.321 e. The normalized spacial score (nSPS) is 19.8. The lowest BCUT2D eigenvalue weighted by molar-refractivity contribution is -0.145. The van der Waals surface area contributed by atoms with Gasteiger partial charge in [-0.3, -0.25) is 9.59 Å². The van der Waals surface area contributed by atoms with Crippen LogP contribution >= 0.6 is 11.3 Å². The Morgan fingerprint density at radius 1 is 1.06 bits per heavy atom. The molecule has 2 aromatic heterocycles. The van der Waals surface area contributed by atoms with Gasteiger partial charge in [-0.05, 0) is 28.2 Å². The number of nitrogens with one attached hydrogen (secondary N) is 1. The summed E-state index contributed by atoms with van der Waals surface area (Å²) in [5, 5.41) is 23.8.